The number of methoxy groups -OCH3 is 3. The van der Waals surface area contributed by atoms with Gasteiger partial charge in [-0.05, 0) is 37.1 Å². The Morgan fingerprint density at radius 3 is 2.44 bits per heavy atom. The summed E-state index contributed by atoms with van der Waals surface area (Å²) in [7, 11) is 4.51. The van der Waals surface area contributed by atoms with Gasteiger partial charge in [-0.2, -0.15) is 0 Å². The van der Waals surface area contributed by atoms with E-state index in [0.717, 1.165) is 6.42 Å². The van der Waals surface area contributed by atoms with Crippen LogP contribution in [0.15, 0.2) is 47.4 Å². The average molecular weight is 436 g/mol. The van der Waals surface area contributed by atoms with E-state index in [1.165, 1.54) is 27.4 Å². The molecule has 2 aromatic heterocycles. The second kappa shape index (κ2) is 9.09. The number of H-pyrrole nitrogens is 1. The molecule has 1 aliphatic heterocycles. The SMILES string of the molecule is COc1cc(C(=O)N2CCC[C@@H]2c2nc(-c3ccccn3)cc(=O)[nH]2)cc(OC)c1OC. The fraction of sp³-hybridized carbons (Fsp3) is 0.304. The number of hydrogen-bond donors (Lipinski definition) is 1. The van der Waals surface area contributed by atoms with E-state index in [1.54, 1.807) is 35.4 Å². The predicted molar refractivity (Wildman–Crippen MR) is 117 cm³/mol. The molecule has 3 aromatic rings. The summed E-state index contributed by atoms with van der Waals surface area (Å²) in [6.45, 7) is 0.539. The summed E-state index contributed by atoms with van der Waals surface area (Å²) in [5.41, 5.74) is 1.18. The molecule has 1 atom stereocenters. The lowest BCUT2D eigenvalue weighted by Gasteiger charge is -2.25. The van der Waals surface area contributed by atoms with Crippen molar-refractivity contribution < 1.29 is 19.0 Å². The lowest BCUT2D eigenvalue weighted by atomic mass is 10.1. The van der Waals surface area contributed by atoms with E-state index < -0.39 is 0 Å². The summed E-state index contributed by atoms with van der Waals surface area (Å²) < 4.78 is 16.1. The Bertz CT molecular complexity index is 1150. The van der Waals surface area contributed by atoms with Crippen LogP contribution in [0.3, 0.4) is 0 Å². The summed E-state index contributed by atoms with van der Waals surface area (Å²) in [5.74, 6) is 1.44. The number of rotatable bonds is 6. The Morgan fingerprint density at radius 1 is 1.06 bits per heavy atom. The van der Waals surface area contributed by atoms with Crippen molar-refractivity contribution in [2.45, 2.75) is 18.9 Å². The number of aromatic amines is 1. The number of carbonyl (C=O) groups excluding carboxylic acids is 1. The number of hydrogen-bond acceptors (Lipinski definition) is 7. The van der Waals surface area contributed by atoms with Crippen molar-refractivity contribution in [3.05, 3.63) is 64.3 Å². The monoisotopic (exact) mass is 436 g/mol. The molecular formula is C23H24N4O5. The van der Waals surface area contributed by atoms with Crippen LogP contribution in [0.5, 0.6) is 17.2 Å². The molecule has 0 radical (unpaired) electrons. The van der Waals surface area contributed by atoms with Gasteiger partial charge in [0.15, 0.2) is 11.5 Å². The van der Waals surface area contributed by atoms with Gasteiger partial charge in [0, 0.05) is 24.4 Å². The van der Waals surface area contributed by atoms with Crippen LogP contribution in [0.1, 0.15) is 35.1 Å². The second-order valence-corrected chi connectivity index (χ2v) is 7.30. The highest BCUT2D eigenvalue weighted by Gasteiger charge is 2.33. The lowest BCUT2D eigenvalue weighted by molar-refractivity contribution is 0.0729. The van der Waals surface area contributed by atoms with Crippen LogP contribution in [0.2, 0.25) is 0 Å². The number of pyridine rings is 1. The number of ether oxygens (including phenoxy) is 3. The molecule has 1 aromatic carbocycles. The maximum Gasteiger partial charge on any atom is 0.254 e. The van der Waals surface area contributed by atoms with Gasteiger partial charge in [-0.25, -0.2) is 4.98 Å². The molecule has 0 spiro atoms. The van der Waals surface area contributed by atoms with Crippen LogP contribution in [-0.4, -0.2) is 53.6 Å². The summed E-state index contributed by atoms with van der Waals surface area (Å²) in [6, 6.07) is 9.72. The summed E-state index contributed by atoms with van der Waals surface area (Å²) in [4.78, 5) is 39.2. The third-order valence-corrected chi connectivity index (χ3v) is 5.43. The Morgan fingerprint density at radius 2 is 1.81 bits per heavy atom. The standard InChI is InChI=1S/C23H24N4O5/c1-30-18-11-14(12-19(31-2)21(18)32-3)23(29)27-10-6-8-17(27)22-25-16(13-20(28)26-22)15-7-4-5-9-24-15/h4-5,7,9,11-13,17H,6,8,10H2,1-3H3,(H,25,26,28)/t17-/m1/s1. The van der Waals surface area contributed by atoms with Crippen LogP contribution in [0.25, 0.3) is 11.4 Å². The molecular weight excluding hydrogens is 412 g/mol. The highest BCUT2D eigenvalue weighted by Crippen LogP contribution is 2.40. The van der Waals surface area contributed by atoms with Gasteiger partial charge >= 0.3 is 0 Å². The van der Waals surface area contributed by atoms with Gasteiger partial charge in [-0.15, -0.1) is 0 Å². The molecule has 9 heteroatoms. The Balaban J connectivity index is 1.70. The number of carbonyl (C=O) groups is 1. The molecule has 1 amide bonds. The number of benzene rings is 1. The lowest BCUT2D eigenvalue weighted by Crippen LogP contribution is -2.32. The van der Waals surface area contributed by atoms with E-state index in [0.29, 0.717) is 53.0 Å². The number of likely N-dealkylation sites (tertiary alicyclic amines) is 1. The predicted octanol–water partition coefficient (Wildman–Crippen LogP) is 2.84. The second-order valence-electron chi connectivity index (χ2n) is 7.30. The van der Waals surface area contributed by atoms with Gasteiger partial charge in [0.1, 0.15) is 5.82 Å². The molecule has 0 aliphatic carbocycles. The molecule has 1 N–H and O–H groups in total. The molecule has 0 unspecified atom stereocenters. The Hall–Kier alpha value is -3.88. The zero-order valence-electron chi connectivity index (χ0n) is 18.1. The highest BCUT2D eigenvalue weighted by molar-refractivity contribution is 5.96. The minimum atomic E-state index is -0.363. The molecule has 1 saturated heterocycles. The number of nitrogens with zero attached hydrogens (tertiary/aromatic N) is 3. The molecule has 4 rings (SSSR count). The first kappa shape index (κ1) is 21.4. The third-order valence-electron chi connectivity index (χ3n) is 5.43. The summed E-state index contributed by atoms with van der Waals surface area (Å²) in [6.07, 6.45) is 3.12. The smallest absolute Gasteiger partial charge is 0.254 e. The van der Waals surface area contributed by atoms with Gasteiger partial charge in [0.05, 0.1) is 38.8 Å². The largest absolute Gasteiger partial charge is 0.493 e. The first-order chi connectivity index (χ1) is 15.5. The average Bonchev–Trinajstić information content (AvgIpc) is 3.32. The van der Waals surface area contributed by atoms with E-state index in [4.69, 9.17) is 14.2 Å². The number of nitrogens with one attached hydrogen (secondary N) is 1. The zero-order valence-corrected chi connectivity index (χ0v) is 18.1. The quantitative estimate of drug-likeness (QED) is 0.633. The van der Waals surface area contributed by atoms with Crippen molar-refractivity contribution >= 4 is 5.91 Å². The van der Waals surface area contributed by atoms with Crippen molar-refractivity contribution in [1.82, 2.24) is 19.9 Å². The van der Waals surface area contributed by atoms with Gasteiger partial charge in [-0.3, -0.25) is 14.6 Å². The first-order valence-corrected chi connectivity index (χ1v) is 10.2. The van der Waals surface area contributed by atoms with Crippen molar-refractivity contribution in [2.24, 2.45) is 0 Å². The van der Waals surface area contributed by atoms with Crippen molar-refractivity contribution in [1.29, 1.82) is 0 Å². The highest BCUT2D eigenvalue weighted by atomic mass is 16.5. The first-order valence-electron chi connectivity index (χ1n) is 10.2. The van der Waals surface area contributed by atoms with Crippen molar-refractivity contribution in [3.63, 3.8) is 0 Å². The van der Waals surface area contributed by atoms with Crippen molar-refractivity contribution in [3.8, 4) is 28.6 Å². The van der Waals surface area contributed by atoms with Crippen LogP contribution in [0.4, 0.5) is 0 Å². The van der Waals surface area contributed by atoms with Crippen molar-refractivity contribution in [2.75, 3.05) is 27.9 Å². The third kappa shape index (κ3) is 4.01. The molecule has 0 bridgehead atoms. The normalized spacial score (nSPS) is 15.5. The van der Waals surface area contributed by atoms with Gasteiger partial charge in [-0.1, -0.05) is 6.07 Å². The van der Waals surface area contributed by atoms with Crippen LogP contribution >= 0.6 is 0 Å². The molecule has 3 heterocycles. The fourth-order valence-electron chi connectivity index (χ4n) is 3.94. The molecule has 166 valence electrons. The summed E-state index contributed by atoms with van der Waals surface area (Å²) >= 11 is 0. The van der Waals surface area contributed by atoms with E-state index in [9.17, 15) is 9.59 Å². The number of aromatic nitrogens is 3. The number of amides is 1. The molecule has 0 saturated carbocycles. The Kier molecular flexibility index (Phi) is 6.07. The minimum absolute atomic E-state index is 0.211. The van der Waals surface area contributed by atoms with Gasteiger partial charge < -0.3 is 24.1 Å². The molecule has 1 aliphatic rings. The van der Waals surface area contributed by atoms with Gasteiger partial charge in [0.2, 0.25) is 5.75 Å². The van der Waals surface area contributed by atoms with E-state index in [-0.39, 0.29) is 17.5 Å². The Labute approximate surface area is 185 Å². The van der Waals surface area contributed by atoms with Crippen LogP contribution < -0.4 is 19.8 Å². The maximum atomic E-state index is 13.4. The van der Waals surface area contributed by atoms with E-state index >= 15 is 0 Å². The molecule has 32 heavy (non-hydrogen) atoms. The van der Waals surface area contributed by atoms with Gasteiger partial charge in [0.25, 0.3) is 11.5 Å². The zero-order chi connectivity index (χ0) is 22.7. The summed E-state index contributed by atoms with van der Waals surface area (Å²) in [5, 5.41) is 0. The van der Waals surface area contributed by atoms with E-state index in [2.05, 4.69) is 15.0 Å². The maximum absolute atomic E-state index is 13.4. The van der Waals surface area contributed by atoms with Crippen LogP contribution in [-0.2, 0) is 0 Å². The topological polar surface area (TPSA) is 107 Å². The minimum Gasteiger partial charge on any atom is -0.493 e. The molecule has 1 fully saturated rings. The van der Waals surface area contributed by atoms with E-state index in [1.807, 2.05) is 6.07 Å². The molecule has 9 nitrogen and oxygen atoms in total. The van der Waals surface area contributed by atoms with Crippen LogP contribution in [0, 0.1) is 0 Å². The fourth-order valence-corrected chi connectivity index (χ4v) is 3.94.